The first-order valence-electron chi connectivity index (χ1n) is 4.34. The Kier molecular flexibility index (Phi) is 3.65. The van der Waals surface area contributed by atoms with Crippen LogP contribution in [0.3, 0.4) is 0 Å². The lowest BCUT2D eigenvalue weighted by atomic mass is 10.0. The number of carbonyl (C=O) groups excluding carboxylic acids is 1. The highest BCUT2D eigenvalue weighted by Gasteiger charge is 2.12. The predicted octanol–water partition coefficient (Wildman–Crippen LogP) is 2.18. The smallest absolute Gasteiger partial charge is 0.234 e. The fourth-order valence-electron chi connectivity index (χ4n) is 1.23. The third-order valence-corrected chi connectivity index (χ3v) is 1.91. The molecular formula is C11H13O2. The van der Waals surface area contributed by atoms with Gasteiger partial charge in [0.15, 0.2) is 0 Å². The minimum absolute atomic E-state index is 0.522. The van der Waals surface area contributed by atoms with Gasteiger partial charge in [-0.15, -0.1) is 0 Å². The van der Waals surface area contributed by atoms with Gasteiger partial charge >= 0.3 is 0 Å². The molecule has 0 aliphatic rings. The van der Waals surface area contributed by atoms with Crippen molar-refractivity contribution in [3.05, 3.63) is 35.4 Å². The van der Waals surface area contributed by atoms with Gasteiger partial charge in [0, 0.05) is 6.61 Å². The van der Waals surface area contributed by atoms with Crippen LogP contribution in [-0.4, -0.2) is 12.9 Å². The van der Waals surface area contributed by atoms with Crippen LogP contribution in [0.4, 0.5) is 0 Å². The Hall–Kier alpha value is -1.15. The zero-order chi connectivity index (χ0) is 9.68. The Balaban J connectivity index is 2.90. The monoisotopic (exact) mass is 177 g/mol. The zero-order valence-corrected chi connectivity index (χ0v) is 7.91. The van der Waals surface area contributed by atoms with E-state index in [1.54, 1.807) is 0 Å². The van der Waals surface area contributed by atoms with E-state index in [1.165, 1.54) is 0 Å². The second kappa shape index (κ2) is 4.77. The van der Waals surface area contributed by atoms with Gasteiger partial charge in [-0.3, -0.25) is 4.79 Å². The number of hydrogen-bond acceptors (Lipinski definition) is 2. The third kappa shape index (κ3) is 2.39. The lowest BCUT2D eigenvalue weighted by Gasteiger charge is -2.11. The van der Waals surface area contributed by atoms with Gasteiger partial charge in [-0.25, -0.2) is 0 Å². The van der Waals surface area contributed by atoms with Crippen LogP contribution in [0.25, 0.3) is 0 Å². The van der Waals surface area contributed by atoms with Crippen molar-refractivity contribution < 1.29 is 9.53 Å². The van der Waals surface area contributed by atoms with Crippen molar-refractivity contribution in [2.75, 3.05) is 6.61 Å². The molecule has 69 valence electrons. The third-order valence-electron chi connectivity index (χ3n) is 1.91. The van der Waals surface area contributed by atoms with Crippen LogP contribution in [0.15, 0.2) is 24.3 Å². The Labute approximate surface area is 78.5 Å². The highest BCUT2D eigenvalue weighted by molar-refractivity contribution is 5.61. The molecule has 1 radical (unpaired) electrons. The Bertz CT molecular complexity index is 281. The van der Waals surface area contributed by atoms with E-state index in [-0.39, 0.29) is 0 Å². The maximum absolute atomic E-state index is 10.6. The lowest BCUT2D eigenvalue weighted by molar-refractivity contribution is 0.107. The normalized spacial score (nSPS) is 12.5. The molecule has 1 aromatic carbocycles. The van der Waals surface area contributed by atoms with Gasteiger partial charge < -0.3 is 4.74 Å². The van der Waals surface area contributed by atoms with Crippen molar-refractivity contribution in [2.24, 2.45) is 0 Å². The molecule has 2 nitrogen and oxygen atoms in total. The van der Waals surface area contributed by atoms with Gasteiger partial charge in [0.1, 0.15) is 6.10 Å². The summed E-state index contributed by atoms with van der Waals surface area (Å²) in [5.74, 6) is 0. The molecule has 2 heteroatoms. The van der Waals surface area contributed by atoms with E-state index in [2.05, 4.69) is 0 Å². The number of ether oxygens (including phenoxy) is 1. The molecule has 1 aromatic rings. The molecule has 13 heavy (non-hydrogen) atoms. The summed E-state index contributed by atoms with van der Waals surface area (Å²) in [5.41, 5.74) is 1.96. The summed E-state index contributed by atoms with van der Waals surface area (Å²) in [7, 11) is 0. The van der Waals surface area contributed by atoms with Crippen LogP contribution in [0, 0.1) is 6.92 Å². The summed E-state index contributed by atoms with van der Waals surface area (Å²) in [6, 6.07) is 7.68. The zero-order valence-electron chi connectivity index (χ0n) is 7.91. The van der Waals surface area contributed by atoms with E-state index in [4.69, 9.17) is 4.74 Å². The van der Waals surface area contributed by atoms with Gasteiger partial charge in [0.25, 0.3) is 0 Å². The molecule has 0 spiro atoms. The quantitative estimate of drug-likeness (QED) is 0.704. The second-order valence-corrected chi connectivity index (χ2v) is 2.81. The van der Waals surface area contributed by atoms with Gasteiger partial charge in [-0.1, -0.05) is 24.3 Å². The molecule has 1 atom stereocenters. The first kappa shape index (κ1) is 9.93. The van der Waals surface area contributed by atoms with E-state index < -0.39 is 6.10 Å². The standard InChI is InChI=1S/C11H13O2/c1-3-13-11(8-12)10-7-5-4-6-9(10)2/h4-7,11H,3H2,1-2H3/t11-/m0/s1. The molecule has 0 aromatic heterocycles. The summed E-state index contributed by atoms with van der Waals surface area (Å²) in [6.07, 6.45) is 1.35. The summed E-state index contributed by atoms with van der Waals surface area (Å²) < 4.78 is 5.23. The fraction of sp³-hybridized carbons (Fsp3) is 0.364. The van der Waals surface area contributed by atoms with Crippen molar-refractivity contribution >= 4 is 6.29 Å². The molecule has 0 unspecified atom stereocenters. The van der Waals surface area contributed by atoms with Gasteiger partial charge in [-0.2, -0.15) is 0 Å². The van der Waals surface area contributed by atoms with Gasteiger partial charge in [0.05, 0.1) is 0 Å². The van der Waals surface area contributed by atoms with Crippen molar-refractivity contribution in [3.8, 4) is 0 Å². The van der Waals surface area contributed by atoms with Crippen molar-refractivity contribution in [1.29, 1.82) is 0 Å². The minimum Gasteiger partial charge on any atom is -0.365 e. The second-order valence-electron chi connectivity index (χ2n) is 2.81. The molecule has 0 aliphatic heterocycles. The van der Waals surface area contributed by atoms with Crippen LogP contribution in [0.1, 0.15) is 24.2 Å². The van der Waals surface area contributed by atoms with E-state index in [9.17, 15) is 4.79 Å². The summed E-state index contributed by atoms with van der Waals surface area (Å²) in [6.45, 7) is 4.34. The average molecular weight is 177 g/mol. The highest BCUT2D eigenvalue weighted by Crippen LogP contribution is 2.18. The maximum atomic E-state index is 10.6. The summed E-state index contributed by atoms with van der Waals surface area (Å²) >= 11 is 0. The first-order chi connectivity index (χ1) is 6.29. The molecule has 0 aliphatic carbocycles. The number of aryl methyl sites for hydroxylation is 1. The molecule has 0 N–H and O–H groups in total. The average Bonchev–Trinajstić information content (AvgIpc) is 2.16. The Morgan fingerprint density at radius 2 is 2.15 bits per heavy atom. The molecule has 0 bridgehead atoms. The maximum Gasteiger partial charge on any atom is 0.234 e. The number of benzene rings is 1. The van der Waals surface area contributed by atoms with E-state index in [0.29, 0.717) is 6.61 Å². The molecule has 0 fully saturated rings. The summed E-state index contributed by atoms with van der Waals surface area (Å²) in [5, 5.41) is 0. The van der Waals surface area contributed by atoms with Gasteiger partial charge in [0.2, 0.25) is 6.29 Å². The molecule has 1 rings (SSSR count). The first-order valence-corrected chi connectivity index (χ1v) is 4.34. The van der Waals surface area contributed by atoms with Crippen LogP contribution in [0.2, 0.25) is 0 Å². The predicted molar refractivity (Wildman–Crippen MR) is 51.2 cm³/mol. The van der Waals surface area contributed by atoms with Crippen LogP contribution < -0.4 is 0 Å². The fourth-order valence-corrected chi connectivity index (χ4v) is 1.23. The molecule has 0 saturated carbocycles. The number of hydrogen-bond donors (Lipinski definition) is 0. The Morgan fingerprint density at radius 1 is 1.46 bits per heavy atom. The number of rotatable bonds is 4. The Morgan fingerprint density at radius 3 is 2.69 bits per heavy atom. The minimum atomic E-state index is -0.536. The highest BCUT2D eigenvalue weighted by atomic mass is 16.5. The topological polar surface area (TPSA) is 26.3 Å². The molecule has 0 heterocycles. The van der Waals surface area contributed by atoms with E-state index in [0.717, 1.165) is 11.1 Å². The molecule has 0 saturated heterocycles. The lowest BCUT2D eigenvalue weighted by Crippen LogP contribution is -2.06. The van der Waals surface area contributed by atoms with Crippen molar-refractivity contribution in [3.63, 3.8) is 0 Å². The van der Waals surface area contributed by atoms with Gasteiger partial charge in [-0.05, 0) is 25.0 Å². The van der Waals surface area contributed by atoms with Crippen molar-refractivity contribution in [1.82, 2.24) is 0 Å². The largest absolute Gasteiger partial charge is 0.365 e. The molecule has 0 amide bonds. The molecular weight excluding hydrogens is 164 g/mol. The SMILES string of the molecule is CCO[C@@H]([C]=O)c1ccccc1C. The van der Waals surface area contributed by atoms with E-state index in [1.807, 2.05) is 44.4 Å². The van der Waals surface area contributed by atoms with Crippen LogP contribution >= 0.6 is 0 Å². The van der Waals surface area contributed by atoms with Crippen molar-refractivity contribution in [2.45, 2.75) is 20.0 Å². The van der Waals surface area contributed by atoms with Crippen LogP contribution in [0.5, 0.6) is 0 Å². The van der Waals surface area contributed by atoms with Crippen LogP contribution in [-0.2, 0) is 9.53 Å². The van der Waals surface area contributed by atoms with E-state index >= 15 is 0 Å². The summed E-state index contributed by atoms with van der Waals surface area (Å²) in [4.78, 5) is 10.6.